The van der Waals surface area contributed by atoms with Crippen LogP contribution in [0.4, 0.5) is 0 Å². The number of hydrogen-bond acceptors (Lipinski definition) is 3. The molecule has 38 heavy (non-hydrogen) atoms. The van der Waals surface area contributed by atoms with Crippen molar-refractivity contribution in [2.45, 2.75) is 64.1 Å². The van der Waals surface area contributed by atoms with Crippen molar-refractivity contribution in [3.05, 3.63) is 99.5 Å². The van der Waals surface area contributed by atoms with Crippen LogP contribution in [0.2, 0.25) is 10.0 Å². The molecule has 1 aliphatic carbocycles. The molecule has 4 rings (SSSR count). The molecule has 0 spiro atoms. The highest BCUT2D eigenvalue weighted by molar-refractivity contribution is 6.35. The number of nitrogens with one attached hydrogen (secondary N) is 1. The van der Waals surface area contributed by atoms with Crippen LogP contribution < -0.4 is 10.1 Å². The van der Waals surface area contributed by atoms with E-state index < -0.39 is 6.04 Å². The highest BCUT2D eigenvalue weighted by Gasteiger charge is 2.32. The van der Waals surface area contributed by atoms with Crippen LogP contribution >= 0.6 is 23.2 Å². The van der Waals surface area contributed by atoms with Gasteiger partial charge < -0.3 is 15.0 Å². The molecule has 0 saturated heterocycles. The summed E-state index contributed by atoms with van der Waals surface area (Å²) >= 11 is 12.3. The first-order valence-electron chi connectivity index (χ1n) is 13.2. The van der Waals surface area contributed by atoms with Crippen molar-refractivity contribution < 1.29 is 14.3 Å². The highest BCUT2D eigenvalue weighted by atomic mass is 35.5. The van der Waals surface area contributed by atoms with Gasteiger partial charge in [-0.25, -0.2) is 0 Å². The minimum Gasteiger partial charge on any atom is -0.482 e. The molecule has 0 bridgehead atoms. The van der Waals surface area contributed by atoms with Crippen molar-refractivity contribution in [3.8, 4) is 5.75 Å². The Labute approximate surface area is 235 Å². The van der Waals surface area contributed by atoms with Crippen molar-refractivity contribution in [2.24, 2.45) is 0 Å². The molecule has 0 heterocycles. The molecule has 1 aliphatic rings. The summed E-state index contributed by atoms with van der Waals surface area (Å²) in [5.74, 6) is -0.0577. The molecule has 1 fully saturated rings. The van der Waals surface area contributed by atoms with Crippen molar-refractivity contribution >= 4 is 35.0 Å². The number of halogens is 2. The summed E-state index contributed by atoms with van der Waals surface area (Å²) in [5.41, 5.74) is 3.02. The smallest absolute Gasteiger partial charge is 0.261 e. The molecule has 5 nitrogen and oxygen atoms in total. The van der Waals surface area contributed by atoms with E-state index in [4.69, 9.17) is 27.9 Å². The molecule has 3 aromatic carbocycles. The second kappa shape index (κ2) is 13.7. The standard InChI is InChI=1S/C31H34Cl2N2O3/c1-22-10-8-9-13-24(22)20-35(30(36)21-38-29-17-16-25(32)19-27(29)33)28(18-23-11-4-2-5-12-23)31(37)34-26-14-6-3-7-15-26/h2,4-5,8-13,16-17,19,26,28H,3,6-7,14-15,18,20-21H2,1H3,(H,34,37)/t28-/m0/s1. The van der Waals surface area contributed by atoms with Crippen molar-refractivity contribution in [2.75, 3.05) is 6.61 Å². The van der Waals surface area contributed by atoms with Crippen molar-refractivity contribution in [1.82, 2.24) is 10.2 Å². The lowest BCUT2D eigenvalue weighted by Crippen LogP contribution is -2.53. The SMILES string of the molecule is Cc1ccccc1CN(C(=O)COc1ccc(Cl)cc1Cl)[C@@H](Cc1ccccc1)C(=O)NC1CCCCC1. The van der Waals surface area contributed by atoms with Gasteiger partial charge in [0.1, 0.15) is 11.8 Å². The molecule has 0 aliphatic heterocycles. The zero-order chi connectivity index (χ0) is 26.9. The molecule has 200 valence electrons. The Morgan fingerprint density at radius 3 is 2.39 bits per heavy atom. The van der Waals surface area contributed by atoms with Gasteiger partial charge in [0.25, 0.3) is 5.91 Å². The van der Waals surface area contributed by atoms with Gasteiger partial charge in [0.15, 0.2) is 6.61 Å². The first kappa shape index (κ1) is 28.0. The third-order valence-electron chi connectivity index (χ3n) is 7.07. The maximum absolute atomic E-state index is 13.8. The average Bonchev–Trinajstić information content (AvgIpc) is 2.92. The Morgan fingerprint density at radius 2 is 1.68 bits per heavy atom. The van der Waals surface area contributed by atoms with Gasteiger partial charge in [0.2, 0.25) is 5.91 Å². The zero-order valence-corrected chi connectivity index (χ0v) is 23.2. The van der Waals surface area contributed by atoms with Crippen LogP contribution in [0.5, 0.6) is 5.75 Å². The van der Waals surface area contributed by atoms with E-state index in [1.165, 1.54) is 6.42 Å². The van der Waals surface area contributed by atoms with E-state index in [1.807, 2.05) is 61.5 Å². The summed E-state index contributed by atoms with van der Waals surface area (Å²) in [6.45, 7) is 2.05. The van der Waals surface area contributed by atoms with Crippen LogP contribution in [0.25, 0.3) is 0 Å². The van der Waals surface area contributed by atoms with Crippen LogP contribution in [-0.2, 0) is 22.6 Å². The lowest BCUT2D eigenvalue weighted by Gasteiger charge is -2.33. The summed E-state index contributed by atoms with van der Waals surface area (Å²) in [6, 6.07) is 22.0. The molecule has 1 N–H and O–H groups in total. The summed E-state index contributed by atoms with van der Waals surface area (Å²) < 4.78 is 5.82. The van der Waals surface area contributed by atoms with Crippen LogP contribution in [0, 0.1) is 6.92 Å². The van der Waals surface area contributed by atoms with E-state index in [0.717, 1.165) is 42.4 Å². The topological polar surface area (TPSA) is 58.6 Å². The molecule has 0 aromatic heterocycles. The average molecular weight is 554 g/mol. The number of rotatable bonds is 10. The molecule has 0 radical (unpaired) electrons. The third-order valence-corrected chi connectivity index (χ3v) is 7.60. The van der Waals surface area contributed by atoms with E-state index in [-0.39, 0.29) is 24.5 Å². The van der Waals surface area contributed by atoms with Crippen molar-refractivity contribution in [1.29, 1.82) is 0 Å². The number of carbonyl (C=O) groups excluding carboxylic acids is 2. The van der Waals surface area contributed by atoms with E-state index in [2.05, 4.69) is 5.32 Å². The lowest BCUT2D eigenvalue weighted by molar-refractivity contribution is -0.143. The number of amides is 2. The number of carbonyl (C=O) groups is 2. The van der Waals surface area contributed by atoms with Gasteiger partial charge in [0.05, 0.1) is 5.02 Å². The molecule has 2 amide bonds. The first-order valence-corrected chi connectivity index (χ1v) is 13.9. The van der Waals surface area contributed by atoms with Crippen LogP contribution in [0.1, 0.15) is 48.8 Å². The fraction of sp³-hybridized carbons (Fsp3) is 0.355. The van der Waals surface area contributed by atoms with Gasteiger partial charge in [0, 0.05) is 24.0 Å². The van der Waals surface area contributed by atoms with E-state index in [1.54, 1.807) is 23.1 Å². The van der Waals surface area contributed by atoms with E-state index >= 15 is 0 Å². The second-order valence-electron chi connectivity index (χ2n) is 9.86. The van der Waals surface area contributed by atoms with Gasteiger partial charge in [-0.2, -0.15) is 0 Å². The molecular weight excluding hydrogens is 519 g/mol. The Balaban J connectivity index is 1.62. The largest absolute Gasteiger partial charge is 0.482 e. The molecule has 1 saturated carbocycles. The van der Waals surface area contributed by atoms with Gasteiger partial charge in [-0.15, -0.1) is 0 Å². The predicted octanol–water partition coefficient (Wildman–Crippen LogP) is 6.77. The molecule has 7 heteroatoms. The fourth-order valence-electron chi connectivity index (χ4n) is 4.88. The van der Waals surface area contributed by atoms with E-state index in [0.29, 0.717) is 28.8 Å². The number of aryl methyl sites for hydroxylation is 1. The van der Waals surface area contributed by atoms with Gasteiger partial charge in [-0.05, 0) is 54.7 Å². The summed E-state index contributed by atoms with van der Waals surface area (Å²) in [7, 11) is 0. The summed E-state index contributed by atoms with van der Waals surface area (Å²) in [5, 5.41) is 4.06. The molecular formula is C31H34Cl2N2O3. The zero-order valence-electron chi connectivity index (χ0n) is 21.7. The van der Waals surface area contributed by atoms with Crippen LogP contribution in [0.15, 0.2) is 72.8 Å². The molecule has 3 aromatic rings. The Morgan fingerprint density at radius 1 is 0.974 bits per heavy atom. The number of hydrogen-bond donors (Lipinski definition) is 1. The third kappa shape index (κ3) is 7.75. The highest BCUT2D eigenvalue weighted by Crippen LogP contribution is 2.28. The first-order chi connectivity index (χ1) is 18.4. The predicted molar refractivity (Wildman–Crippen MR) is 153 cm³/mol. The Hall–Kier alpha value is -3.02. The number of nitrogens with zero attached hydrogens (tertiary/aromatic N) is 1. The monoisotopic (exact) mass is 552 g/mol. The normalized spacial score (nSPS) is 14.5. The van der Waals surface area contributed by atoms with Crippen LogP contribution in [0.3, 0.4) is 0 Å². The Bertz CT molecular complexity index is 1230. The minimum atomic E-state index is -0.698. The van der Waals surface area contributed by atoms with Crippen LogP contribution in [-0.4, -0.2) is 35.4 Å². The summed E-state index contributed by atoms with van der Waals surface area (Å²) in [6.07, 6.45) is 5.74. The minimum absolute atomic E-state index is 0.132. The van der Waals surface area contributed by atoms with Gasteiger partial charge >= 0.3 is 0 Å². The fourth-order valence-corrected chi connectivity index (χ4v) is 5.35. The van der Waals surface area contributed by atoms with Gasteiger partial charge in [-0.3, -0.25) is 9.59 Å². The Kier molecular flexibility index (Phi) is 10.1. The van der Waals surface area contributed by atoms with Gasteiger partial charge in [-0.1, -0.05) is 97.1 Å². The molecule has 1 atom stereocenters. The summed E-state index contributed by atoms with van der Waals surface area (Å²) in [4.78, 5) is 29.3. The lowest BCUT2D eigenvalue weighted by atomic mass is 9.94. The number of benzene rings is 3. The molecule has 0 unspecified atom stereocenters. The van der Waals surface area contributed by atoms with Crippen molar-refractivity contribution in [3.63, 3.8) is 0 Å². The second-order valence-corrected chi connectivity index (χ2v) is 10.7. The maximum Gasteiger partial charge on any atom is 0.261 e. The number of ether oxygens (including phenoxy) is 1. The van der Waals surface area contributed by atoms with E-state index in [9.17, 15) is 9.59 Å². The maximum atomic E-state index is 13.8. The quantitative estimate of drug-likeness (QED) is 0.302.